The highest BCUT2D eigenvalue weighted by molar-refractivity contribution is 5.13. The molecule has 1 saturated heterocycles. The van der Waals surface area contributed by atoms with Gasteiger partial charge >= 0.3 is 0 Å². The molecule has 1 N–H and O–H groups in total. The summed E-state index contributed by atoms with van der Waals surface area (Å²) in [4.78, 5) is 0. The number of nitrogens with one attached hydrogen (secondary N) is 1. The molecule has 5 atom stereocenters. The average Bonchev–Trinajstić information content (AvgIpc) is 2.65. The summed E-state index contributed by atoms with van der Waals surface area (Å²) in [7, 11) is 0. The molecule has 5 unspecified atom stereocenters. The van der Waals surface area contributed by atoms with E-state index in [1.165, 1.54) is 25.7 Å². The topological polar surface area (TPSA) is 21.3 Å². The third-order valence-corrected chi connectivity index (χ3v) is 6.85. The zero-order valence-electron chi connectivity index (χ0n) is 12.5. The Morgan fingerprint density at radius 2 is 1.94 bits per heavy atom. The lowest BCUT2D eigenvalue weighted by molar-refractivity contribution is 0.0246. The zero-order valence-corrected chi connectivity index (χ0v) is 12.5. The first-order valence-electron chi connectivity index (χ1n) is 7.79. The molecule has 2 bridgehead atoms. The standard InChI is InChI=1S/C16H29NO/c1-11-10-18-8-6-13(11)17-14-9-12-5-7-16(14,4)15(12,2)3/h11-14,17H,5-10H2,1-4H3. The van der Waals surface area contributed by atoms with Crippen molar-refractivity contribution in [3.8, 4) is 0 Å². The van der Waals surface area contributed by atoms with Crippen molar-refractivity contribution >= 4 is 0 Å². The molecule has 18 heavy (non-hydrogen) atoms. The summed E-state index contributed by atoms with van der Waals surface area (Å²) in [6, 6.07) is 1.41. The zero-order chi connectivity index (χ0) is 13.0. The number of ether oxygens (including phenoxy) is 1. The van der Waals surface area contributed by atoms with Gasteiger partial charge in [0.25, 0.3) is 0 Å². The van der Waals surface area contributed by atoms with E-state index in [0.717, 1.165) is 25.2 Å². The predicted molar refractivity (Wildman–Crippen MR) is 74.5 cm³/mol. The largest absolute Gasteiger partial charge is 0.381 e. The Labute approximate surface area is 112 Å². The van der Waals surface area contributed by atoms with Gasteiger partial charge in [-0.3, -0.25) is 0 Å². The van der Waals surface area contributed by atoms with Crippen LogP contribution in [0.3, 0.4) is 0 Å². The third-order valence-electron chi connectivity index (χ3n) is 6.85. The number of hydrogen-bond donors (Lipinski definition) is 1. The van der Waals surface area contributed by atoms with Crippen molar-refractivity contribution in [1.29, 1.82) is 0 Å². The lowest BCUT2D eigenvalue weighted by Crippen LogP contribution is -2.52. The molecule has 0 aromatic heterocycles. The molecule has 0 amide bonds. The SMILES string of the molecule is CC1COCCC1NC1CC2CCC1(C)C2(C)C. The van der Waals surface area contributed by atoms with E-state index in [9.17, 15) is 0 Å². The van der Waals surface area contributed by atoms with Gasteiger partial charge in [0.15, 0.2) is 0 Å². The molecule has 0 spiro atoms. The Morgan fingerprint density at radius 3 is 2.50 bits per heavy atom. The molecule has 2 saturated carbocycles. The molecule has 3 fully saturated rings. The quantitative estimate of drug-likeness (QED) is 0.813. The van der Waals surface area contributed by atoms with Crippen molar-refractivity contribution < 1.29 is 4.74 Å². The van der Waals surface area contributed by atoms with Gasteiger partial charge in [-0.2, -0.15) is 0 Å². The van der Waals surface area contributed by atoms with Gasteiger partial charge in [0.1, 0.15) is 0 Å². The summed E-state index contributed by atoms with van der Waals surface area (Å²) in [5, 5.41) is 4.02. The first-order chi connectivity index (χ1) is 8.45. The Kier molecular flexibility index (Phi) is 3.02. The first-order valence-corrected chi connectivity index (χ1v) is 7.79. The molecule has 0 aromatic rings. The van der Waals surface area contributed by atoms with E-state index in [1.807, 2.05) is 0 Å². The molecule has 1 aliphatic heterocycles. The van der Waals surface area contributed by atoms with Crippen LogP contribution in [0.4, 0.5) is 0 Å². The Morgan fingerprint density at radius 1 is 1.17 bits per heavy atom. The van der Waals surface area contributed by atoms with E-state index in [2.05, 4.69) is 33.0 Å². The third kappa shape index (κ3) is 1.68. The van der Waals surface area contributed by atoms with Gasteiger partial charge in [0.05, 0.1) is 6.61 Å². The van der Waals surface area contributed by atoms with Crippen molar-refractivity contribution in [1.82, 2.24) is 5.32 Å². The molecular weight excluding hydrogens is 222 g/mol. The highest BCUT2D eigenvalue weighted by Gasteiger charge is 2.61. The monoisotopic (exact) mass is 251 g/mol. The second kappa shape index (κ2) is 4.21. The molecule has 3 aliphatic rings. The van der Waals surface area contributed by atoms with E-state index in [4.69, 9.17) is 4.74 Å². The van der Waals surface area contributed by atoms with Gasteiger partial charge in [-0.05, 0) is 48.3 Å². The number of rotatable bonds is 2. The maximum absolute atomic E-state index is 5.56. The van der Waals surface area contributed by atoms with Gasteiger partial charge in [-0.15, -0.1) is 0 Å². The lowest BCUT2D eigenvalue weighted by atomic mass is 9.69. The predicted octanol–water partition coefficient (Wildman–Crippen LogP) is 3.22. The second-order valence-corrected chi connectivity index (χ2v) is 7.78. The van der Waals surface area contributed by atoms with E-state index in [1.54, 1.807) is 0 Å². The molecular formula is C16H29NO. The molecule has 104 valence electrons. The van der Waals surface area contributed by atoms with Gasteiger partial charge < -0.3 is 10.1 Å². The maximum atomic E-state index is 5.56. The minimum atomic E-state index is 0.510. The Hall–Kier alpha value is -0.0800. The summed E-state index contributed by atoms with van der Waals surface area (Å²) in [5.74, 6) is 1.61. The van der Waals surface area contributed by atoms with Crippen LogP contribution >= 0.6 is 0 Å². The fraction of sp³-hybridized carbons (Fsp3) is 1.00. The van der Waals surface area contributed by atoms with Crippen molar-refractivity contribution in [2.75, 3.05) is 13.2 Å². The van der Waals surface area contributed by atoms with Crippen LogP contribution in [-0.2, 0) is 4.74 Å². The van der Waals surface area contributed by atoms with E-state index >= 15 is 0 Å². The highest BCUT2D eigenvalue weighted by atomic mass is 16.5. The summed E-state index contributed by atoms with van der Waals surface area (Å²) in [6.07, 6.45) is 5.46. The molecule has 0 radical (unpaired) electrons. The van der Waals surface area contributed by atoms with Crippen LogP contribution in [0, 0.1) is 22.7 Å². The van der Waals surface area contributed by atoms with E-state index < -0.39 is 0 Å². The van der Waals surface area contributed by atoms with Crippen molar-refractivity contribution in [3.05, 3.63) is 0 Å². The Bertz CT molecular complexity index is 327. The van der Waals surface area contributed by atoms with Gasteiger partial charge in [0, 0.05) is 18.7 Å². The summed E-state index contributed by atoms with van der Waals surface area (Å²) in [6.45, 7) is 11.7. The summed E-state index contributed by atoms with van der Waals surface area (Å²) < 4.78 is 5.56. The van der Waals surface area contributed by atoms with Gasteiger partial charge in [0.2, 0.25) is 0 Å². The molecule has 2 aliphatic carbocycles. The molecule has 3 rings (SSSR count). The van der Waals surface area contributed by atoms with Crippen LogP contribution < -0.4 is 5.32 Å². The van der Waals surface area contributed by atoms with Crippen molar-refractivity contribution in [3.63, 3.8) is 0 Å². The second-order valence-electron chi connectivity index (χ2n) is 7.78. The number of fused-ring (bicyclic) bond motifs is 2. The number of hydrogen-bond acceptors (Lipinski definition) is 2. The highest BCUT2D eigenvalue weighted by Crippen LogP contribution is 2.65. The minimum Gasteiger partial charge on any atom is -0.381 e. The summed E-state index contributed by atoms with van der Waals surface area (Å²) in [5.41, 5.74) is 1.04. The van der Waals surface area contributed by atoms with E-state index in [0.29, 0.717) is 22.8 Å². The van der Waals surface area contributed by atoms with Crippen LogP contribution in [0.25, 0.3) is 0 Å². The maximum Gasteiger partial charge on any atom is 0.0506 e. The molecule has 0 aromatic carbocycles. The minimum absolute atomic E-state index is 0.510. The fourth-order valence-electron chi connectivity index (χ4n) is 4.84. The van der Waals surface area contributed by atoms with Crippen LogP contribution in [0.15, 0.2) is 0 Å². The smallest absolute Gasteiger partial charge is 0.0506 e. The van der Waals surface area contributed by atoms with Crippen LogP contribution in [0.5, 0.6) is 0 Å². The average molecular weight is 251 g/mol. The fourth-order valence-corrected chi connectivity index (χ4v) is 4.84. The Balaban J connectivity index is 1.71. The van der Waals surface area contributed by atoms with Gasteiger partial charge in [-0.25, -0.2) is 0 Å². The molecule has 2 heteroatoms. The lowest BCUT2D eigenvalue weighted by Gasteiger charge is -2.43. The van der Waals surface area contributed by atoms with Crippen molar-refractivity contribution in [2.45, 2.75) is 65.5 Å². The molecule has 2 nitrogen and oxygen atoms in total. The van der Waals surface area contributed by atoms with E-state index in [-0.39, 0.29) is 0 Å². The van der Waals surface area contributed by atoms with Crippen LogP contribution in [0.1, 0.15) is 53.4 Å². The van der Waals surface area contributed by atoms with Crippen molar-refractivity contribution in [2.24, 2.45) is 22.7 Å². The summed E-state index contributed by atoms with van der Waals surface area (Å²) >= 11 is 0. The molecule has 1 heterocycles. The first kappa shape index (κ1) is 12.9. The van der Waals surface area contributed by atoms with Gasteiger partial charge in [-0.1, -0.05) is 27.7 Å². The van der Waals surface area contributed by atoms with Crippen LogP contribution in [0.2, 0.25) is 0 Å². The normalized spacial score (nSPS) is 50.7. The van der Waals surface area contributed by atoms with Crippen LogP contribution in [-0.4, -0.2) is 25.3 Å².